The molecule has 2 rings (SSSR count). The quantitative estimate of drug-likeness (QED) is 0.539. The molecule has 0 bridgehead atoms. The highest BCUT2D eigenvalue weighted by atomic mass is 16.1. The molecule has 1 N–H and O–H groups in total. The topological polar surface area (TPSA) is 45.8 Å². The van der Waals surface area contributed by atoms with Gasteiger partial charge in [-0.05, 0) is 18.2 Å². The first-order valence-electron chi connectivity index (χ1n) is 4.26. The monoisotopic (exact) mass is 184 g/mol. The molecule has 0 saturated carbocycles. The van der Waals surface area contributed by atoms with Crippen LogP contribution in [0.4, 0.5) is 0 Å². The Hall–Kier alpha value is -2.08. The van der Waals surface area contributed by atoms with Crippen molar-refractivity contribution in [1.29, 1.82) is 0 Å². The molecule has 0 aliphatic rings. The first kappa shape index (κ1) is 8.52. The fourth-order valence-corrected chi connectivity index (χ4v) is 1.21. The van der Waals surface area contributed by atoms with Crippen molar-refractivity contribution in [2.45, 2.75) is 6.42 Å². The van der Waals surface area contributed by atoms with Crippen molar-refractivity contribution in [1.82, 2.24) is 10.2 Å². The number of carbonyl (C=O) groups is 1. The molecular weight excluding hydrogens is 176 g/mol. The van der Waals surface area contributed by atoms with E-state index in [1.54, 1.807) is 6.20 Å². The number of nitrogens with zero attached hydrogens (tertiary/aromatic N) is 1. The molecule has 0 saturated heterocycles. The maximum atomic E-state index is 10.0. The van der Waals surface area contributed by atoms with Gasteiger partial charge in [-0.1, -0.05) is 11.8 Å². The van der Waals surface area contributed by atoms with E-state index in [4.69, 9.17) is 0 Å². The van der Waals surface area contributed by atoms with Crippen LogP contribution in [0.1, 0.15) is 12.0 Å². The van der Waals surface area contributed by atoms with E-state index < -0.39 is 0 Å². The van der Waals surface area contributed by atoms with Crippen LogP contribution < -0.4 is 0 Å². The summed E-state index contributed by atoms with van der Waals surface area (Å²) in [5.74, 6) is 5.65. The number of hydrogen-bond acceptors (Lipinski definition) is 2. The number of fused-ring (bicyclic) bond motifs is 1. The SMILES string of the molecule is O=CCC#Cc1ccc2cn[nH]c2c1. The number of benzene rings is 1. The van der Waals surface area contributed by atoms with Crippen LogP contribution in [0.25, 0.3) is 10.9 Å². The molecule has 3 nitrogen and oxygen atoms in total. The average Bonchev–Trinajstić information content (AvgIpc) is 2.65. The molecular formula is C11H8N2O. The van der Waals surface area contributed by atoms with Crippen LogP contribution in [0.3, 0.4) is 0 Å². The summed E-state index contributed by atoms with van der Waals surface area (Å²) in [5.41, 5.74) is 1.85. The molecule has 0 spiro atoms. The molecule has 68 valence electrons. The van der Waals surface area contributed by atoms with Crippen molar-refractivity contribution in [3.8, 4) is 11.8 Å². The van der Waals surface area contributed by atoms with Crippen molar-refractivity contribution < 1.29 is 4.79 Å². The lowest BCUT2D eigenvalue weighted by atomic mass is 10.2. The Balaban J connectivity index is 2.35. The molecule has 0 radical (unpaired) electrons. The van der Waals surface area contributed by atoms with Crippen LogP contribution in [-0.4, -0.2) is 16.5 Å². The van der Waals surface area contributed by atoms with Gasteiger partial charge in [0.2, 0.25) is 0 Å². The van der Waals surface area contributed by atoms with Gasteiger partial charge in [-0.15, -0.1) is 0 Å². The maximum Gasteiger partial charge on any atom is 0.131 e. The second kappa shape index (κ2) is 3.75. The zero-order valence-electron chi connectivity index (χ0n) is 7.45. The van der Waals surface area contributed by atoms with Gasteiger partial charge < -0.3 is 4.79 Å². The molecule has 3 heteroatoms. The van der Waals surface area contributed by atoms with Gasteiger partial charge in [-0.2, -0.15) is 5.10 Å². The third-order valence-electron chi connectivity index (χ3n) is 1.86. The molecule has 1 aromatic carbocycles. The van der Waals surface area contributed by atoms with Crippen LogP contribution in [0.15, 0.2) is 24.4 Å². The Labute approximate surface area is 81.1 Å². The Morgan fingerprint density at radius 1 is 1.50 bits per heavy atom. The van der Waals surface area contributed by atoms with Crippen molar-refractivity contribution in [3.05, 3.63) is 30.0 Å². The number of aromatic amines is 1. The zero-order valence-corrected chi connectivity index (χ0v) is 7.45. The highest BCUT2D eigenvalue weighted by molar-refractivity contribution is 5.79. The van der Waals surface area contributed by atoms with Gasteiger partial charge in [0.05, 0.1) is 18.1 Å². The minimum Gasteiger partial charge on any atom is -0.302 e. The molecule has 1 aromatic heterocycles. The molecule has 2 aromatic rings. The molecule has 0 amide bonds. The van der Waals surface area contributed by atoms with E-state index in [0.717, 1.165) is 22.8 Å². The lowest BCUT2D eigenvalue weighted by Gasteiger charge is -1.89. The van der Waals surface area contributed by atoms with Crippen LogP contribution in [0, 0.1) is 11.8 Å². The summed E-state index contributed by atoms with van der Waals surface area (Å²) >= 11 is 0. The van der Waals surface area contributed by atoms with Gasteiger partial charge in [0.15, 0.2) is 0 Å². The Morgan fingerprint density at radius 3 is 3.29 bits per heavy atom. The molecule has 1 heterocycles. The Bertz CT molecular complexity index is 517. The summed E-state index contributed by atoms with van der Waals surface area (Å²) in [6.07, 6.45) is 2.83. The minimum atomic E-state index is 0.279. The number of nitrogens with one attached hydrogen (secondary N) is 1. The Kier molecular flexibility index (Phi) is 2.28. The van der Waals surface area contributed by atoms with E-state index in [1.165, 1.54) is 0 Å². The number of aldehydes is 1. The van der Waals surface area contributed by atoms with Gasteiger partial charge in [0, 0.05) is 10.9 Å². The van der Waals surface area contributed by atoms with Gasteiger partial charge in [-0.3, -0.25) is 5.10 Å². The number of hydrogen-bond donors (Lipinski definition) is 1. The van der Waals surface area contributed by atoms with E-state index in [1.807, 2.05) is 18.2 Å². The normalized spacial score (nSPS) is 9.43. The summed E-state index contributed by atoms with van der Waals surface area (Å²) in [7, 11) is 0. The smallest absolute Gasteiger partial charge is 0.131 e. The van der Waals surface area contributed by atoms with Crippen molar-refractivity contribution in [2.75, 3.05) is 0 Å². The van der Waals surface area contributed by atoms with Gasteiger partial charge in [-0.25, -0.2) is 0 Å². The second-order valence-electron chi connectivity index (χ2n) is 2.84. The lowest BCUT2D eigenvalue weighted by Crippen LogP contribution is -1.75. The Morgan fingerprint density at radius 2 is 2.43 bits per heavy atom. The van der Waals surface area contributed by atoms with Gasteiger partial charge in [0.25, 0.3) is 0 Å². The first-order valence-corrected chi connectivity index (χ1v) is 4.26. The molecule has 0 fully saturated rings. The van der Waals surface area contributed by atoms with E-state index in [0.29, 0.717) is 0 Å². The minimum absolute atomic E-state index is 0.279. The number of aromatic nitrogens is 2. The molecule has 0 aliphatic carbocycles. The van der Waals surface area contributed by atoms with E-state index in [9.17, 15) is 4.79 Å². The summed E-state index contributed by atoms with van der Waals surface area (Å²) in [6.45, 7) is 0. The molecule has 0 atom stereocenters. The van der Waals surface area contributed by atoms with Gasteiger partial charge in [0.1, 0.15) is 6.29 Å². The van der Waals surface area contributed by atoms with E-state index >= 15 is 0 Å². The van der Waals surface area contributed by atoms with Crippen molar-refractivity contribution in [3.63, 3.8) is 0 Å². The highest BCUT2D eigenvalue weighted by Crippen LogP contribution is 2.11. The third-order valence-corrected chi connectivity index (χ3v) is 1.86. The predicted octanol–water partition coefficient (Wildman–Crippen LogP) is 1.50. The summed E-state index contributed by atoms with van der Waals surface area (Å²) in [6, 6.07) is 5.78. The third kappa shape index (κ3) is 1.64. The largest absolute Gasteiger partial charge is 0.302 e. The van der Waals surface area contributed by atoms with Crippen LogP contribution in [-0.2, 0) is 4.79 Å². The fraction of sp³-hybridized carbons (Fsp3) is 0.0909. The summed E-state index contributed by atoms with van der Waals surface area (Å²) in [5, 5.41) is 7.83. The zero-order chi connectivity index (χ0) is 9.80. The number of H-pyrrole nitrogens is 1. The van der Waals surface area contributed by atoms with E-state index in [2.05, 4.69) is 22.0 Å². The number of carbonyl (C=O) groups excluding carboxylic acids is 1. The van der Waals surface area contributed by atoms with Crippen LogP contribution in [0.2, 0.25) is 0 Å². The van der Waals surface area contributed by atoms with Crippen molar-refractivity contribution in [2.24, 2.45) is 0 Å². The first-order chi connectivity index (χ1) is 6.90. The van der Waals surface area contributed by atoms with Crippen LogP contribution >= 0.6 is 0 Å². The maximum absolute atomic E-state index is 10.0. The highest BCUT2D eigenvalue weighted by Gasteiger charge is 1.94. The van der Waals surface area contributed by atoms with Gasteiger partial charge >= 0.3 is 0 Å². The van der Waals surface area contributed by atoms with Crippen molar-refractivity contribution >= 4 is 17.2 Å². The fourth-order valence-electron chi connectivity index (χ4n) is 1.21. The predicted molar refractivity (Wildman–Crippen MR) is 53.7 cm³/mol. The summed E-state index contributed by atoms with van der Waals surface area (Å²) in [4.78, 5) is 10.0. The average molecular weight is 184 g/mol. The standard InChI is InChI=1S/C11H8N2O/c14-6-2-1-3-9-4-5-10-8-12-13-11(10)7-9/h4-8H,2H2,(H,12,13). The molecule has 0 aliphatic heterocycles. The van der Waals surface area contributed by atoms with Crippen LogP contribution in [0.5, 0.6) is 0 Å². The molecule has 0 unspecified atom stereocenters. The van der Waals surface area contributed by atoms with E-state index in [-0.39, 0.29) is 6.42 Å². The second-order valence-corrected chi connectivity index (χ2v) is 2.84. The summed E-state index contributed by atoms with van der Waals surface area (Å²) < 4.78 is 0. The molecule has 14 heavy (non-hydrogen) atoms. The number of rotatable bonds is 1. The lowest BCUT2D eigenvalue weighted by molar-refractivity contribution is -0.107.